The Morgan fingerprint density at radius 3 is 2.57 bits per heavy atom. The largest absolute Gasteiger partial charge is 0.421 e. The molecule has 0 atom stereocenters. The lowest BCUT2D eigenvalue weighted by molar-refractivity contribution is -0.137. The van der Waals surface area contributed by atoms with Crippen molar-refractivity contribution in [3.63, 3.8) is 0 Å². The van der Waals surface area contributed by atoms with E-state index in [9.17, 15) is 21.6 Å². The zero-order valence-electron chi connectivity index (χ0n) is 11.8. The van der Waals surface area contributed by atoms with Gasteiger partial charge < -0.3 is 11.1 Å². The Hall–Kier alpha value is -2.43. The molecule has 0 radical (unpaired) electrons. The summed E-state index contributed by atoms with van der Waals surface area (Å²) in [7, 11) is -3.46. The average molecular weight is 347 g/mol. The number of halogens is 3. The monoisotopic (exact) mass is 347 g/mol. The summed E-state index contributed by atoms with van der Waals surface area (Å²) in [5.74, 6) is -0.807. The first-order valence-electron chi connectivity index (χ1n) is 6.15. The minimum Gasteiger partial charge on any atom is -0.368 e. The van der Waals surface area contributed by atoms with E-state index in [4.69, 9.17) is 5.73 Å². The predicted octanol–water partition coefficient (Wildman–Crippen LogP) is 1.49. The molecule has 11 heteroatoms. The van der Waals surface area contributed by atoms with Crippen LogP contribution in [-0.2, 0) is 22.6 Å². The standard InChI is InChI=1S/C12H12F3N5O2S/c1-23(21,22)8-2-7(3-17-5-8)4-18-10-9(12(13,14)15)6-19-11(16)20-10/h2-3,5-6H,4H2,1H3,(H3,16,18,19,20). The van der Waals surface area contributed by atoms with Gasteiger partial charge in [0.2, 0.25) is 5.95 Å². The topological polar surface area (TPSA) is 111 Å². The summed E-state index contributed by atoms with van der Waals surface area (Å²) < 4.78 is 61.5. The molecule has 0 fully saturated rings. The number of nitrogens with zero attached hydrogens (tertiary/aromatic N) is 3. The summed E-state index contributed by atoms with van der Waals surface area (Å²) in [6.07, 6.45) is -0.574. The van der Waals surface area contributed by atoms with E-state index in [2.05, 4.69) is 20.3 Å². The summed E-state index contributed by atoms with van der Waals surface area (Å²) in [6.45, 7) is -0.115. The second-order valence-corrected chi connectivity index (χ2v) is 6.66. The SMILES string of the molecule is CS(=O)(=O)c1cncc(CNc2nc(N)ncc2C(F)(F)F)c1. The van der Waals surface area contributed by atoms with Crippen molar-refractivity contribution in [1.29, 1.82) is 0 Å². The lowest BCUT2D eigenvalue weighted by Crippen LogP contribution is -2.14. The summed E-state index contributed by atoms with van der Waals surface area (Å²) in [4.78, 5) is 10.6. The number of alkyl halides is 3. The highest BCUT2D eigenvalue weighted by atomic mass is 32.2. The minimum absolute atomic E-state index is 0.0324. The van der Waals surface area contributed by atoms with E-state index in [1.807, 2.05) is 0 Å². The maximum atomic E-state index is 12.9. The fourth-order valence-corrected chi connectivity index (χ4v) is 2.30. The highest BCUT2D eigenvalue weighted by molar-refractivity contribution is 7.90. The van der Waals surface area contributed by atoms with Gasteiger partial charge in [-0.1, -0.05) is 0 Å². The van der Waals surface area contributed by atoms with Crippen LogP contribution in [0.4, 0.5) is 24.9 Å². The number of nitrogen functional groups attached to an aromatic ring is 1. The lowest BCUT2D eigenvalue weighted by atomic mass is 10.2. The summed E-state index contributed by atoms with van der Waals surface area (Å²) in [6, 6.07) is 1.31. The Morgan fingerprint density at radius 1 is 1.26 bits per heavy atom. The van der Waals surface area contributed by atoms with Crippen LogP contribution < -0.4 is 11.1 Å². The Labute approximate surface area is 129 Å². The van der Waals surface area contributed by atoms with Crippen molar-refractivity contribution in [3.05, 3.63) is 35.8 Å². The molecular weight excluding hydrogens is 335 g/mol. The molecule has 2 heterocycles. The maximum Gasteiger partial charge on any atom is 0.421 e. The quantitative estimate of drug-likeness (QED) is 0.862. The van der Waals surface area contributed by atoms with Crippen LogP contribution in [0.2, 0.25) is 0 Å². The molecule has 0 saturated heterocycles. The average Bonchev–Trinajstić information content (AvgIpc) is 2.43. The molecule has 23 heavy (non-hydrogen) atoms. The van der Waals surface area contributed by atoms with Crippen LogP contribution in [0, 0.1) is 0 Å². The van der Waals surface area contributed by atoms with Crippen LogP contribution >= 0.6 is 0 Å². The Bertz CT molecular complexity index is 824. The molecule has 0 spiro atoms. The molecule has 0 bridgehead atoms. The van der Waals surface area contributed by atoms with E-state index >= 15 is 0 Å². The predicted molar refractivity (Wildman–Crippen MR) is 76.1 cm³/mol. The van der Waals surface area contributed by atoms with Crippen molar-refractivity contribution in [2.75, 3.05) is 17.3 Å². The smallest absolute Gasteiger partial charge is 0.368 e. The second-order valence-electron chi connectivity index (χ2n) is 4.64. The zero-order valence-corrected chi connectivity index (χ0v) is 12.6. The molecule has 0 saturated carbocycles. The van der Waals surface area contributed by atoms with E-state index in [0.29, 0.717) is 11.8 Å². The Kier molecular flexibility index (Phi) is 4.41. The van der Waals surface area contributed by atoms with Crippen molar-refractivity contribution in [3.8, 4) is 0 Å². The summed E-state index contributed by atoms with van der Waals surface area (Å²) in [5.41, 5.74) is 4.60. The van der Waals surface area contributed by atoms with Gasteiger partial charge in [0.25, 0.3) is 0 Å². The third kappa shape index (κ3) is 4.28. The molecule has 0 aliphatic rings. The molecule has 0 aromatic carbocycles. The van der Waals surface area contributed by atoms with Crippen molar-refractivity contribution in [2.24, 2.45) is 0 Å². The number of hydrogen-bond acceptors (Lipinski definition) is 7. The van der Waals surface area contributed by atoms with Gasteiger partial charge in [0.05, 0.1) is 4.90 Å². The number of rotatable bonds is 4. The van der Waals surface area contributed by atoms with Gasteiger partial charge in [-0.2, -0.15) is 18.2 Å². The van der Waals surface area contributed by atoms with Gasteiger partial charge in [0.15, 0.2) is 9.84 Å². The van der Waals surface area contributed by atoms with Crippen molar-refractivity contribution >= 4 is 21.6 Å². The van der Waals surface area contributed by atoms with E-state index in [-0.39, 0.29) is 17.4 Å². The van der Waals surface area contributed by atoms with Crippen LogP contribution in [0.25, 0.3) is 0 Å². The lowest BCUT2D eigenvalue weighted by Gasteiger charge is -2.13. The van der Waals surface area contributed by atoms with Crippen molar-refractivity contribution < 1.29 is 21.6 Å². The van der Waals surface area contributed by atoms with E-state index in [0.717, 1.165) is 12.5 Å². The van der Waals surface area contributed by atoms with E-state index < -0.39 is 27.4 Å². The van der Waals surface area contributed by atoms with Crippen LogP contribution in [-0.4, -0.2) is 29.6 Å². The molecule has 2 rings (SSSR count). The van der Waals surface area contributed by atoms with Gasteiger partial charge in [-0.3, -0.25) is 4.98 Å². The number of hydrogen-bond donors (Lipinski definition) is 2. The third-order valence-electron chi connectivity index (χ3n) is 2.77. The van der Waals surface area contributed by atoms with Gasteiger partial charge in [0, 0.05) is 31.4 Å². The zero-order chi connectivity index (χ0) is 17.3. The van der Waals surface area contributed by atoms with Crippen LogP contribution in [0.1, 0.15) is 11.1 Å². The van der Waals surface area contributed by atoms with Gasteiger partial charge in [0.1, 0.15) is 11.4 Å². The van der Waals surface area contributed by atoms with Gasteiger partial charge in [-0.05, 0) is 11.6 Å². The van der Waals surface area contributed by atoms with Crippen LogP contribution in [0.5, 0.6) is 0 Å². The van der Waals surface area contributed by atoms with Gasteiger partial charge in [-0.15, -0.1) is 0 Å². The first-order chi connectivity index (χ1) is 10.6. The second kappa shape index (κ2) is 5.99. The Morgan fingerprint density at radius 2 is 1.96 bits per heavy atom. The first kappa shape index (κ1) is 16.9. The van der Waals surface area contributed by atoms with Gasteiger partial charge in [-0.25, -0.2) is 13.4 Å². The molecule has 0 amide bonds. The molecule has 7 nitrogen and oxygen atoms in total. The molecule has 124 valence electrons. The van der Waals surface area contributed by atoms with Gasteiger partial charge >= 0.3 is 6.18 Å². The molecular formula is C12H12F3N5O2S. The molecule has 0 aliphatic carbocycles. The first-order valence-corrected chi connectivity index (χ1v) is 8.04. The van der Waals surface area contributed by atoms with E-state index in [1.165, 1.54) is 12.3 Å². The highest BCUT2D eigenvalue weighted by Gasteiger charge is 2.35. The molecule has 2 aromatic heterocycles. The maximum absolute atomic E-state index is 12.9. The number of nitrogens with one attached hydrogen (secondary N) is 1. The fraction of sp³-hybridized carbons (Fsp3) is 0.250. The van der Waals surface area contributed by atoms with E-state index in [1.54, 1.807) is 0 Å². The van der Waals surface area contributed by atoms with Crippen LogP contribution in [0.15, 0.2) is 29.6 Å². The molecule has 2 aromatic rings. The van der Waals surface area contributed by atoms with Crippen molar-refractivity contribution in [2.45, 2.75) is 17.6 Å². The fourth-order valence-electron chi connectivity index (χ4n) is 1.69. The molecule has 0 aliphatic heterocycles. The number of nitrogens with two attached hydrogens (primary N) is 1. The number of aromatic nitrogens is 3. The molecule has 3 N–H and O–H groups in total. The summed E-state index contributed by atoms with van der Waals surface area (Å²) in [5, 5.41) is 2.47. The minimum atomic E-state index is -4.65. The number of sulfone groups is 1. The molecule has 0 unspecified atom stereocenters. The summed E-state index contributed by atoms with van der Waals surface area (Å²) >= 11 is 0. The number of pyridine rings is 1. The number of anilines is 2. The Balaban J connectivity index is 2.27. The third-order valence-corrected chi connectivity index (χ3v) is 3.85. The van der Waals surface area contributed by atoms with Crippen LogP contribution in [0.3, 0.4) is 0 Å². The normalized spacial score (nSPS) is 12.2. The highest BCUT2D eigenvalue weighted by Crippen LogP contribution is 2.33. The van der Waals surface area contributed by atoms with Crippen molar-refractivity contribution in [1.82, 2.24) is 15.0 Å².